The summed E-state index contributed by atoms with van der Waals surface area (Å²) in [6, 6.07) is 9.36. The minimum Gasteiger partial charge on any atom is -0.741 e. The Balaban J connectivity index is 0.000000915. The number of alkyl halides is 3. The Morgan fingerprint density at radius 3 is 1.95 bits per heavy atom. The van der Waals surface area contributed by atoms with E-state index in [1.807, 2.05) is 89.8 Å². The minimum absolute atomic E-state index is 0.0399. The number of nitrogens with zero attached hydrogens (tertiary/aromatic N) is 3. The van der Waals surface area contributed by atoms with Gasteiger partial charge in [0, 0.05) is 38.0 Å². The number of benzene rings is 1. The van der Waals surface area contributed by atoms with Crippen molar-refractivity contribution in [3.63, 3.8) is 0 Å². The summed E-state index contributed by atoms with van der Waals surface area (Å²) in [5.74, 6) is -0.810. The smallest absolute Gasteiger partial charge is 0.485 e. The van der Waals surface area contributed by atoms with Crippen LogP contribution in [0, 0.1) is 5.92 Å². The number of pyridine rings is 1. The van der Waals surface area contributed by atoms with E-state index >= 15 is 0 Å². The van der Waals surface area contributed by atoms with Crippen molar-refractivity contribution in [1.82, 2.24) is 9.79 Å². The molecule has 11 nitrogen and oxygen atoms in total. The Labute approximate surface area is 239 Å². The van der Waals surface area contributed by atoms with Crippen LogP contribution in [-0.2, 0) is 43.4 Å². The first-order valence-corrected chi connectivity index (χ1v) is 15.1. The second-order valence-electron chi connectivity index (χ2n) is 10.6. The van der Waals surface area contributed by atoms with Gasteiger partial charge in [-0.1, -0.05) is 13.8 Å². The first-order valence-electron chi connectivity index (χ1n) is 12.2. The van der Waals surface area contributed by atoms with Crippen LogP contribution in [0.2, 0.25) is 0 Å². The summed E-state index contributed by atoms with van der Waals surface area (Å²) in [5.41, 5.74) is -2.14. The van der Waals surface area contributed by atoms with Crippen molar-refractivity contribution in [2.75, 3.05) is 19.0 Å². The Morgan fingerprint density at radius 2 is 1.56 bits per heavy atom. The summed E-state index contributed by atoms with van der Waals surface area (Å²) in [5, 5.41) is 0. The van der Waals surface area contributed by atoms with Crippen LogP contribution in [0.15, 0.2) is 53.7 Å². The van der Waals surface area contributed by atoms with Gasteiger partial charge in [-0.2, -0.15) is 17.5 Å². The van der Waals surface area contributed by atoms with Crippen molar-refractivity contribution in [3.05, 3.63) is 54.4 Å². The van der Waals surface area contributed by atoms with E-state index in [-0.39, 0.29) is 17.4 Å². The summed E-state index contributed by atoms with van der Waals surface area (Å²) in [7, 11) is -4.45. The Hall–Kier alpha value is -2.79. The molecular formula is C25H37F3N4O7S2. The van der Waals surface area contributed by atoms with Gasteiger partial charge in [-0.3, -0.25) is 9.63 Å². The summed E-state index contributed by atoms with van der Waals surface area (Å²) in [4.78, 5) is 20.7. The Bertz CT molecular complexity index is 1380. The number of carbonyl (C=O) groups is 1. The molecule has 0 saturated heterocycles. The standard InChI is InChI=1S/C24H36N4O4S.CHF3O3S/c1-18(2)22(23(29)25-32-24(3,4)5)28(17-19-10-9-15-27(8)16-19)33(30,31)21-13-11-20(12-14-21)26(6)7;2-1(3,4)8(5,6)7/h9-16,18,22H,17H2,1-8H3;(H,5,6,7)/t22-;/m1./s1. The number of hydroxylamine groups is 1. The summed E-state index contributed by atoms with van der Waals surface area (Å²) >= 11 is 0. The van der Waals surface area contributed by atoms with Gasteiger partial charge in [-0.05, 0) is 57.0 Å². The topological polar surface area (TPSA) is 140 Å². The van der Waals surface area contributed by atoms with Crippen LogP contribution < -0.4 is 14.9 Å². The predicted octanol–water partition coefficient (Wildman–Crippen LogP) is 2.69. The van der Waals surface area contributed by atoms with Crippen molar-refractivity contribution in [2.24, 2.45) is 13.0 Å². The molecule has 16 heteroatoms. The van der Waals surface area contributed by atoms with Gasteiger partial charge in [0.2, 0.25) is 10.0 Å². The highest BCUT2D eigenvalue weighted by molar-refractivity contribution is 7.89. The number of aryl methyl sites for hydroxylation is 1. The van der Waals surface area contributed by atoms with Crippen LogP contribution in [0.1, 0.15) is 40.2 Å². The molecule has 1 aromatic carbocycles. The van der Waals surface area contributed by atoms with Gasteiger partial charge in [0.15, 0.2) is 22.5 Å². The molecule has 0 spiro atoms. The lowest BCUT2D eigenvalue weighted by atomic mass is 10.0. The van der Waals surface area contributed by atoms with E-state index in [1.54, 1.807) is 24.3 Å². The van der Waals surface area contributed by atoms with Crippen LogP contribution in [0.3, 0.4) is 0 Å². The second-order valence-corrected chi connectivity index (χ2v) is 13.8. The lowest BCUT2D eigenvalue weighted by molar-refractivity contribution is -0.672. The van der Waals surface area contributed by atoms with E-state index in [2.05, 4.69) is 5.48 Å². The average molecular weight is 627 g/mol. The SMILES string of the molecule is CC(C)[C@H](C(=O)NOC(C)(C)C)N(Cc1ccc[n+](C)c1)S(=O)(=O)c1ccc(N(C)C)cc1.O=S(=O)([O-])C(F)(F)F. The third kappa shape index (κ3) is 11.2. The first-order chi connectivity index (χ1) is 18.5. The van der Waals surface area contributed by atoms with Crippen molar-refractivity contribution in [3.8, 4) is 0 Å². The molecule has 1 N–H and O–H groups in total. The maximum Gasteiger partial charge on any atom is 0.485 e. The van der Waals surface area contributed by atoms with E-state index in [0.717, 1.165) is 11.3 Å². The largest absolute Gasteiger partial charge is 0.741 e. The van der Waals surface area contributed by atoms with Crippen molar-refractivity contribution in [2.45, 2.75) is 63.2 Å². The van der Waals surface area contributed by atoms with Gasteiger partial charge in [0.05, 0.1) is 10.5 Å². The molecule has 2 rings (SSSR count). The molecule has 0 radical (unpaired) electrons. The number of aromatic nitrogens is 1. The fraction of sp³-hybridized carbons (Fsp3) is 0.520. The molecule has 0 aliphatic rings. The van der Waals surface area contributed by atoms with Crippen LogP contribution in [0.4, 0.5) is 18.9 Å². The van der Waals surface area contributed by atoms with Crippen LogP contribution in [-0.4, -0.2) is 62.8 Å². The van der Waals surface area contributed by atoms with E-state index < -0.39 is 43.2 Å². The van der Waals surface area contributed by atoms with Gasteiger partial charge in [-0.15, -0.1) is 0 Å². The third-order valence-corrected chi connectivity index (χ3v) is 7.66. The Morgan fingerprint density at radius 1 is 1.05 bits per heavy atom. The highest BCUT2D eigenvalue weighted by atomic mass is 32.2. The number of anilines is 1. The molecule has 0 aliphatic heterocycles. The Kier molecular flexibility index (Phi) is 12.3. The highest BCUT2D eigenvalue weighted by Gasteiger charge is 2.39. The number of hydrogen-bond donors (Lipinski definition) is 1. The first kappa shape index (κ1) is 36.2. The van der Waals surface area contributed by atoms with E-state index in [9.17, 15) is 26.4 Å². The molecule has 0 unspecified atom stereocenters. The number of halogens is 3. The van der Waals surface area contributed by atoms with E-state index in [1.165, 1.54) is 4.31 Å². The van der Waals surface area contributed by atoms with E-state index in [0.29, 0.717) is 0 Å². The maximum absolute atomic E-state index is 13.8. The summed E-state index contributed by atoms with van der Waals surface area (Å²) in [6.45, 7) is 9.11. The molecule has 0 bridgehead atoms. The minimum atomic E-state index is -6.09. The van der Waals surface area contributed by atoms with Gasteiger partial charge in [0.1, 0.15) is 13.1 Å². The van der Waals surface area contributed by atoms with Crippen LogP contribution in [0.5, 0.6) is 0 Å². The molecule has 0 aliphatic carbocycles. The molecule has 2 aromatic rings. The molecule has 232 valence electrons. The highest BCUT2D eigenvalue weighted by Crippen LogP contribution is 2.26. The fourth-order valence-corrected chi connectivity index (χ4v) is 5.05. The molecule has 1 amide bonds. The number of sulfonamides is 1. The van der Waals surface area contributed by atoms with Gasteiger partial charge in [0.25, 0.3) is 5.91 Å². The lowest BCUT2D eigenvalue weighted by Crippen LogP contribution is -2.53. The fourth-order valence-electron chi connectivity index (χ4n) is 3.34. The second kappa shape index (κ2) is 13.9. The third-order valence-electron chi connectivity index (χ3n) is 5.25. The molecule has 0 fully saturated rings. The van der Waals surface area contributed by atoms with Crippen LogP contribution >= 0.6 is 0 Å². The van der Waals surface area contributed by atoms with Crippen LogP contribution in [0.25, 0.3) is 0 Å². The zero-order valence-corrected chi connectivity index (χ0v) is 25.8. The van der Waals surface area contributed by atoms with Gasteiger partial charge in [-0.25, -0.2) is 26.9 Å². The molecular weight excluding hydrogens is 589 g/mol. The number of amides is 1. The van der Waals surface area contributed by atoms with Crippen molar-refractivity contribution < 1.29 is 48.8 Å². The number of carbonyl (C=O) groups excluding carboxylic acids is 1. The molecule has 1 aromatic heterocycles. The molecule has 1 heterocycles. The molecule has 1 atom stereocenters. The molecule has 41 heavy (non-hydrogen) atoms. The van der Waals surface area contributed by atoms with Gasteiger partial charge < -0.3 is 9.45 Å². The molecule has 0 saturated carbocycles. The zero-order valence-electron chi connectivity index (χ0n) is 24.1. The lowest BCUT2D eigenvalue weighted by Gasteiger charge is -2.33. The summed E-state index contributed by atoms with van der Waals surface area (Å²) < 4.78 is 89.7. The number of hydrogen-bond acceptors (Lipinski definition) is 8. The number of rotatable bonds is 9. The maximum atomic E-state index is 13.8. The van der Waals surface area contributed by atoms with Gasteiger partial charge >= 0.3 is 5.51 Å². The summed E-state index contributed by atoms with van der Waals surface area (Å²) in [6.07, 6.45) is 3.71. The average Bonchev–Trinajstić information content (AvgIpc) is 2.81. The quantitative estimate of drug-likeness (QED) is 0.194. The van der Waals surface area contributed by atoms with E-state index in [4.69, 9.17) is 17.8 Å². The monoisotopic (exact) mass is 626 g/mol. The van der Waals surface area contributed by atoms with Crippen molar-refractivity contribution >= 4 is 31.7 Å². The number of nitrogens with one attached hydrogen (secondary N) is 1. The zero-order chi connectivity index (χ0) is 32.0. The van der Waals surface area contributed by atoms with Crippen molar-refractivity contribution in [1.29, 1.82) is 0 Å². The predicted molar refractivity (Wildman–Crippen MR) is 144 cm³/mol. The normalized spacial score (nSPS) is 13.4.